The van der Waals surface area contributed by atoms with Crippen LogP contribution in [-0.2, 0) is 9.53 Å². The quantitative estimate of drug-likeness (QED) is 0.307. The van der Waals surface area contributed by atoms with Crippen LogP contribution in [0.5, 0.6) is 0 Å². The topological polar surface area (TPSA) is 67.6 Å². The van der Waals surface area contributed by atoms with E-state index in [1.165, 1.54) is 0 Å². The molecule has 5 heteroatoms. The van der Waals surface area contributed by atoms with Crippen LogP contribution < -0.4 is 11.3 Å². The molecule has 1 aliphatic rings. The van der Waals surface area contributed by atoms with E-state index in [2.05, 4.69) is 24.2 Å². The van der Waals surface area contributed by atoms with Gasteiger partial charge in [-0.25, -0.2) is 5.84 Å². The first-order valence-electron chi connectivity index (χ1n) is 5.99. The van der Waals surface area contributed by atoms with Gasteiger partial charge in [0.05, 0.1) is 12.2 Å². The summed E-state index contributed by atoms with van der Waals surface area (Å²) < 4.78 is 5.66. The van der Waals surface area contributed by atoms with Crippen LogP contribution in [0.4, 0.5) is 0 Å². The lowest BCUT2D eigenvalue weighted by Crippen LogP contribution is -2.45. The monoisotopic (exact) mass is 229 g/mol. The van der Waals surface area contributed by atoms with Gasteiger partial charge < -0.3 is 4.74 Å². The summed E-state index contributed by atoms with van der Waals surface area (Å²) in [7, 11) is 0. The third kappa shape index (κ3) is 4.92. The van der Waals surface area contributed by atoms with Gasteiger partial charge in [0.25, 0.3) is 0 Å². The highest BCUT2D eigenvalue weighted by Gasteiger charge is 2.21. The molecule has 5 nitrogen and oxygen atoms in total. The van der Waals surface area contributed by atoms with E-state index in [4.69, 9.17) is 10.6 Å². The molecule has 1 fully saturated rings. The number of nitrogens with zero attached hydrogens (tertiary/aromatic N) is 1. The largest absolute Gasteiger partial charge is 0.373 e. The molecule has 1 amide bonds. The van der Waals surface area contributed by atoms with E-state index in [1.807, 2.05) is 0 Å². The minimum atomic E-state index is -0.0799. The van der Waals surface area contributed by atoms with Crippen molar-refractivity contribution in [1.29, 1.82) is 0 Å². The molecule has 0 aromatic rings. The Labute approximate surface area is 97.3 Å². The number of ether oxygens (including phenoxy) is 1. The van der Waals surface area contributed by atoms with Crippen LogP contribution in [0.1, 0.15) is 33.1 Å². The standard InChI is InChI=1S/C11H23N3O2/c1-9-7-14(8-10(2)16-9)6-4-3-5-11(15)13-12/h9-10H,3-8,12H2,1-2H3,(H,13,15). The summed E-state index contributed by atoms with van der Waals surface area (Å²) in [6.07, 6.45) is 3.08. The van der Waals surface area contributed by atoms with Crippen LogP contribution in [0.3, 0.4) is 0 Å². The first-order valence-corrected chi connectivity index (χ1v) is 5.99. The summed E-state index contributed by atoms with van der Waals surface area (Å²) in [5, 5.41) is 0. The van der Waals surface area contributed by atoms with Gasteiger partial charge in [0.15, 0.2) is 0 Å². The van der Waals surface area contributed by atoms with Gasteiger partial charge in [-0.1, -0.05) is 0 Å². The molecule has 16 heavy (non-hydrogen) atoms. The molecule has 1 saturated heterocycles. The molecular formula is C11H23N3O2. The minimum Gasteiger partial charge on any atom is -0.373 e. The predicted molar refractivity (Wildman–Crippen MR) is 62.6 cm³/mol. The Bertz CT molecular complexity index is 213. The number of hydrogen-bond acceptors (Lipinski definition) is 4. The predicted octanol–water partition coefficient (Wildman–Crippen LogP) is 0.256. The molecular weight excluding hydrogens is 206 g/mol. The van der Waals surface area contributed by atoms with Crippen molar-refractivity contribution in [3.05, 3.63) is 0 Å². The Morgan fingerprint density at radius 3 is 2.56 bits per heavy atom. The lowest BCUT2D eigenvalue weighted by molar-refractivity contribution is -0.121. The third-order valence-corrected chi connectivity index (χ3v) is 2.78. The Morgan fingerprint density at radius 1 is 1.38 bits per heavy atom. The summed E-state index contributed by atoms with van der Waals surface area (Å²) in [4.78, 5) is 13.3. The molecule has 0 aromatic heterocycles. The number of carbonyl (C=O) groups excluding carboxylic acids is 1. The second-order valence-corrected chi connectivity index (χ2v) is 4.54. The number of unbranched alkanes of at least 4 members (excludes halogenated alkanes) is 1. The van der Waals surface area contributed by atoms with Crippen LogP contribution in [0.2, 0.25) is 0 Å². The van der Waals surface area contributed by atoms with Gasteiger partial charge in [0.1, 0.15) is 0 Å². The van der Waals surface area contributed by atoms with Crippen molar-refractivity contribution in [2.75, 3.05) is 19.6 Å². The normalized spacial score (nSPS) is 26.7. The Hall–Kier alpha value is -0.650. The molecule has 0 bridgehead atoms. The molecule has 2 atom stereocenters. The molecule has 1 rings (SSSR count). The Balaban J connectivity index is 2.10. The molecule has 0 saturated carbocycles. The molecule has 3 N–H and O–H groups in total. The van der Waals surface area contributed by atoms with Crippen molar-refractivity contribution >= 4 is 5.91 Å². The molecule has 0 radical (unpaired) electrons. The molecule has 1 aliphatic heterocycles. The van der Waals surface area contributed by atoms with Gasteiger partial charge >= 0.3 is 0 Å². The maximum atomic E-state index is 10.9. The maximum Gasteiger partial charge on any atom is 0.233 e. The van der Waals surface area contributed by atoms with Crippen molar-refractivity contribution in [1.82, 2.24) is 10.3 Å². The van der Waals surface area contributed by atoms with Crippen molar-refractivity contribution in [2.24, 2.45) is 5.84 Å². The Kier molecular flexibility index (Phi) is 5.73. The van der Waals surface area contributed by atoms with Gasteiger partial charge in [-0.05, 0) is 33.2 Å². The highest BCUT2D eigenvalue weighted by molar-refractivity contribution is 5.75. The Morgan fingerprint density at radius 2 is 2.00 bits per heavy atom. The lowest BCUT2D eigenvalue weighted by atomic mass is 10.2. The van der Waals surface area contributed by atoms with Crippen LogP contribution in [0, 0.1) is 0 Å². The van der Waals surface area contributed by atoms with E-state index in [9.17, 15) is 4.79 Å². The van der Waals surface area contributed by atoms with E-state index in [0.29, 0.717) is 18.6 Å². The van der Waals surface area contributed by atoms with Gasteiger partial charge in [0.2, 0.25) is 5.91 Å². The molecule has 94 valence electrons. The highest BCUT2D eigenvalue weighted by atomic mass is 16.5. The molecule has 0 aliphatic carbocycles. The molecule has 2 unspecified atom stereocenters. The fraction of sp³-hybridized carbons (Fsp3) is 0.909. The minimum absolute atomic E-state index is 0.0799. The second-order valence-electron chi connectivity index (χ2n) is 4.54. The number of amides is 1. The number of morpholine rings is 1. The summed E-state index contributed by atoms with van der Waals surface area (Å²) in [6, 6.07) is 0. The highest BCUT2D eigenvalue weighted by Crippen LogP contribution is 2.11. The van der Waals surface area contributed by atoms with Crippen molar-refractivity contribution < 1.29 is 9.53 Å². The van der Waals surface area contributed by atoms with Gasteiger partial charge in [0, 0.05) is 19.5 Å². The number of nitrogens with one attached hydrogen (secondary N) is 1. The number of nitrogens with two attached hydrogens (primary N) is 1. The molecule has 0 spiro atoms. The van der Waals surface area contributed by atoms with E-state index >= 15 is 0 Å². The van der Waals surface area contributed by atoms with Crippen LogP contribution >= 0.6 is 0 Å². The van der Waals surface area contributed by atoms with Gasteiger partial charge in [-0.15, -0.1) is 0 Å². The average molecular weight is 229 g/mol. The summed E-state index contributed by atoms with van der Waals surface area (Å²) in [6.45, 7) is 7.23. The fourth-order valence-corrected chi connectivity index (χ4v) is 2.16. The van der Waals surface area contributed by atoms with E-state index in [-0.39, 0.29) is 5.91 Å². The zero-order valence-corrected chi connectivity index (χ0v) is 10.2. The van der Waals surface area contributed by atoms with Crippen LogP contribution in [-0.4, -0.2) is 42.6 Å². The van der Waals surface area contributed by atoms with E-state index in [1.54, 1.807) is 0 Å². The van der Waals surface area contributed by atoms with E-state index in [0.717, 1.165) is 32.5 Å². The molecule has 0 aromatic carbocycles. The summed E-state index contributed by atoms with van der Waals surface area (Å²) >= 11 is 0. The number of carbonyl (C=O) groups is 1. The zero-order chi connectivity index (χ0) is 12.0. The van der Waals surface area contributed by atoms with Crippen molar-refractivity contribution in [3.63, 3.8) is 0 Å². The lowest BCUT2D eigenvalue weighted by Gasteiger charge is -2.35. The van der Waals surface area contributed by atoms with Gasteiger partial charge in [-0.3, -0.25) is 15.1 Å². The second kappa shape index (κ2) is 6.83. The maximum absolute atomic E-state index is 10.9. The average Bonchev–Trinajstić information content (AvgIpc) is 2.22. The number of hydrazine groups is 1. The first kappa shape index (κ1) is 13.4. The van der Waals surface area contributed by atoms with E-state index < -0.39 is 0 Å². The third-order valence-electron chi connectivity index (χ3n) is 2.78. The van der Waals surface area contributed by atoms with Crippen molar-refractivity contribution in [2.45, 2.75) is 45.3 Å². The zero-order valence-electron chi connectivity index (χ0n) is 10.2. The van der Waals surface area contributed by atoms with Crippen LogP contribution in [0.25, 0.3) is 0 Å². The fourth-order valence-electron chi connectivity index (χ4n) is 2.16. The summed E-state index contributed by atoms with van der Waals surface area (Å²) in [5.41, 5.74) is 2.14. The first-order chi connectivity index (χ1) is 7.61. The number of hydrogen-bond donors (Lipinski definition) is 2. The summed E-state index contributed by atoms with van der Waals surface area (Å²) in [5.74, 6) is 4.93. The smallest absolute Gasteiger partial charge is 0.233 e. The van der Waals surface area contributed by atoms with Gasteiger partial charge in [-0.2, -0.15) is 0 Å². The van der Waals surface area contributed by atoms with Crippen molar-refractivity contribution in [3.8, 4) is 0 Å². The van der Waals surface area contributed by atoms with Crippen LogP contribution in [0.15, 0.2) is 0 Å². The SMILES string of the molecule is CC1CN(CCCCC(=O)NN)CC(C)O1. The molecule has 1 heterocycles. The number of rotatable bonds is 5.